The third-order valence-corrected chi connectivity index (χ3v) is 4.84. The van der Waals surface area contributed by atoms with E-state index in [0.29, 0.717) is 31.2 Å². The first-order chi connectivity index (χ1) is 13.0. The molecule has 0 saturated heterocycles. The predicted octanol–water partition coefficient (Wildman–Crippen LogP) is 2.31. The highest BCUT2D eigenvalue weighted by atomic mass is 32.1. The molecule has 146 valence electrons. The van der Waals surface area contributed by atoms with E-state index in [-0.39, 0.29) is 18.1 Å². The lowest BCUT2D eigenvalue weighted by Crippen LogP contribution is -2.41. The second-order valence-corrected chi connectivity index (χ2v) is 7.32. The molecule has 0 aliphatic carbocycles. The Balaban J connectivity index is 1.75. The van der Waals surface area contributed by atoms with Gasteiger partial charge in [-0.25, -0.2) is 14.4 Å². The molecule has 1 amide bonds. The van der Waals surface area contributed by atoms with Gasteiger partial charge in [-0.3, -0.25) is 4.79 Å². The summed E-state index contributed by atoms with van der Waals surface area (Å²) in [5.41, 5.74) is 1.70. The second kappa shape index (κ2) is 10.6. The molecule has 0 bridgehead atoms. The van der Waals surface area contributed by atoms with Crippen molar-refractivity contribution in [1.29, 1.82) is 0 Å². The van der Waals surface area contributed by atoms with Crippen molar-refractivity contribution in [3.8, 4) is 0 Å². The minimum Gasteiger partial charge on any atom is -0.357 e. The van der Waals surface area contributed by atoms with Gasteiger partial charge in [-0.2, -0.15) is 0 Å². The van der Waals surface area contributed by atoms with Crippen LogP contribution in [-0.2, 0) is 17.8 Å². The zero-order valence-electron chi connectivity index (χ0n) is 15.9. The van der Waals surface area contributed by atoms with Crippen LogP contribution in [0, 0.1) is 19.7 Å². The van der Waals surface area contributed by atoms with Gasteiger partial charge in [-0.05, 0) is 38.5 Å². The van der Waals surface area contributed by atoms with E-state index < -0.39 is 0 Å². The van der Waals surface area contributed by atoms with Gasteiger partial charge in [-0.1, -0.05) is 12.1 Å². The van der Waals surface area contributed by atoms with E-state index in [1.807, 2.05) is 13.8 Å². The maximum atomic E-state index is 13.1. The van der Waals surface area contributed by atoms with Gasteiger partial charge in [-0.15, -0.1) is 11.3 Å². The summed E-state index contributed by atoms with van der Waals surface area (Å²) in [6.45, 7) is 8.29. The van der Waals surface area contributed by atoms with Gasteiger partial charge < -0.3 is 16.0 Å². The SMILES string of the molecule is CCNC(=NCc1nc(C)c(C)s1)NCCNC(=O)Cc1cccc(F)c1. The van der Waals surface area contributed by atoms with Crippen molar-refractivity contribution >= 4 is 23.2 Å². The van der Waals surface area contributed by atoms with Crippen molar-refractivity contribution in [2.75, 3.05) is 19.6 Å². The fourth-order valence-corrected chi connectivity index (χ4v) is 3.23. The van der Waals surface area contributed by atoms with Crippen LogP contribution in [0.3, 0.4) is 0 Å². The third kappa shape index (κ3) is 7.34. The average molecular weight is 392 g/mol. The number of guanidine groups is 1. The molecule has 2 aromatic rings. The molecular weight excluding hydrogens is 365 g/mol. The highest BCUT2D eigenvalue weighted by Gasteiger charge is 2.05. The number of nitrogens with one attached hydrogen (secondary N) is 3. The summed E-state index contributed by atoms with van der Waals surface area (Å²) in [4.78, 5) is 22.1. The van der Waals surface area contributed by atoms with E-state index in [2.05, 4.69) is 32.9 Å². The Bertz CT molecular complexity index is 771. The number of halogens is 1. The monoisotopic (exact) mass is 391 g/mol. The van der Waals surface area contributed by atoms with Gasteiger partial charge in [0.2, 0.25) is 5.91 Å². The molecule has 8 heteroatoms. The second-order valence-electron chi connectivity index (χ2n) is 6.03. The van der Waals surface area contributed by atoms with Gasteiger partial charge in [0.25, 0.3) is 0 Å². The lowest BCUT2D eigenvalue weighted by molar-refractivity contribution is -0.120. The van der Waals surface area contributed by atoms with Crippen LogP contribution in [0.5, 0.6) is 0 Å². The number of carbonyl (C=O) groups excluding carboxylic acids is 1. The normalized spacial score (nSPS) is 11.3. The number of benzene rings is 1. The van der Waals surface area contributed by atoms with Crippen LogP contribution in [-0.4, -0.2) is 36.5 Å². The van der Waals surface area contributed by atoms with Crippen molar-refractivity contribution < 1.29 is 9.18 Å². The van der Waals surface area contributed by atoms with Crippen LogP contribution >= 0.6 is 11.3 Å². The largest absolute Gasteiger partial charge is 0.357 e. The Kier molecular flexibility index (Phi) is 8.19. The minimum absolute atomic E-state index is 0.141. The fraction of sp³-hybridized carbons (Fsp3) is 0.421. The Labute approximate surface area is 163 Å². The van der Waals surface area contributed by atoms with E-state index in [9.17, 15) is 9.18 Å². The molecule has 1 aromatic carbocycles. The molecule has 2 rings (SSSR count). The first kappa shape index (κ1) is 20.8. The van der Waals surface area contributed by atoms with E-state index in [0.717, 1.165) is 17.2 Å². The Morgan fingerprint density at radius 1 is 1.22 bits per heavy atom. The molecule has 1 aromatic heterocycles. The Morgan fingerprint density at radius 2 is 2.00 bits per heavy atom. The first-order valence-corrected chi connectivity index (χ1v) is 9.75. The van der Waals surface area contributed by atoms with E-state index in [4.69, 9.17) is 0 Å². The number of nitrogens with zero attached hydrogens (tertiary/aromatic N) is 2. The number of hydrogen-bond donors (Lipinski definition) is 3. The molecule has 0 spiro atoms. The molecule has 0 aliphatic rings. The van der Waals surface area contributed by atoms with Crippen LogP contribution < -0.4 is 16.0 Å². The lowest BCUT2D eigenvalue weighted by Gasteiger charge is -2.11. The van der Waals surface area contributed by atoms with Crippen molar-refractivity contribution in [3.63, 3.8) is 0 Å². The highest BCUT2D eigenvalue weighted by molar-refractivity contribution is 7.11. The molecule has 27 heavy (non-hydrogen) atoms. The molecule has 0 saturated carbocycles. The average Bonchev–Trinajstić information content (AvgIpc) is 2.94. The fourth-order valence-electron chi connectivity index (χ4n) is 2.37. The predicted molar refractivity (Wildman–Crippen MR) is 108 cm³/mol. The molecule has 0 radical (unpaired) electrons. The number of amides is 1. The molecule has 0 atom stereocenters. The quantitative estimate of drug-likeness (QED) is 0.367. The van der Waals surface area contributed by atoms with Gasteiger partial charge in [0.1, 0.15) is 10.8 Å². The summed E-state index contributed by atoms with van der Waals surface area (Å²) in [5, 5.41) is 10.1. The molecule has 0 fully saturated rings. The minimum atomic E-state index is -0.334. The van der Waals surface area contributed by atoms with Gasteiger partial charge >= 0.3 is 0 Å². The summed E-state index contributed by atoms with van der Waals surface area (Å²) in [5.74, 6) is 0.208. The molecule has 0 unspecified atom stereocenters. The molecule has 0 aliphatic heterocycles. The summed E-state index contributed by atoms with van der Waals surface area (Å²) in [7, 11) is 0. The number of thiazole rings is 1. The molecule has 3 N–H and O–H groups in total. The topological polar surface area (TPSA) is 78.4 Å². The van der Waals surface area contributed by atoms with Crippen molar-refractivity contribution in [3.05, 3.63) is 51.2 Å². The number of aliphatic imine (C=N–C) groups is 1. The van der Waals surface area contributed by atoms with Gasteiger partial charge in [0, 0.05) is 24.5 Å². The summed E-state index contributed by atoms with van der Waals surface area (Å²) in [6, 6.07) is 6.07. The molecule has 1 heterocycles. The van der Waals surface area contributed by atoms with Crippen molar-refractivity contribution in [1.82, 2.24) is 20.9 Å². The van der Waals surface area contributed by atoms with E-state index >= 15 is 0 Å². The zero-order valence-corrected chi connectivity index (χ0v) is 16.8. The summed E-state index contributed by atoms with van der Waals surface area (Å²) in [6.07, 6.45) is 0.161. The van der Waals surface area contributed by atoms with Crippen LogP contribution in [0.1, 0.15) is 28.1 Å². The van der Waals surface area contributed by atoms with Crippen LogP contribution in [0.4, 0.5) is 4.39 Å². The Hall–Kier alpha value is -2.48. The first-order valence-electron chi connectivity index (χ1n) is 8.94. The number of aromatic nitrogens is 1. The highest BCUT2D eigenvalue weighted by Crippen LogP contribution is 2.16. The van der Waals surface area contributed by atoms with Gasteiger partial charge in [0.15, 0.2) is 5.96 Å². The van der Waals surface area contributed by atoms with Crippen molar-refractivity contribution in [2.24, 2.45) is 4.99 Å². The smallest absolute Gasteiger partial charge is 0.224 e. The standard InChI is InChI=1S/C19H26FN5OS/c1-4-21-19(24-12-18-25-13(2)14(3)27-18)23-9-8-22-17(26)11-15-6-5-7-16(20)10-15/h5-7,10H,4,8-9,11-12H2,1-3H3,(H,22,26)(H2,21,23,24). The molecule has 6 nitrogen and oxygen atoms in total. The number of rotatable bonds is 8. The van der Waals surface area contributed by atoms with E-state index in [1.54, 1.807) is 23.5 Å². The Morgan fingerprint density at radius 3 is 2.67 bits per heavy atom. The summed E-state index contributed by atoms with van der Waals surface area (Å²) >= 11 is 1.65. The number of carbonyl (C=O) groups is 1. The molecular formula is C19H26FN5OS. The zero-order chi connectivity index (χ0) is 19.6. The van der Waals surface area contributed by atoms with Gasteiger partial charge in [0.05, 0.1) is 18.7 Å². The van der Waals surface area contributed by atoms with Crippen LogP contribution in [0.15, 0.2) is 29.3 Å². The van der Waals surface area contributed by atoms with Crippen molar-refractivity contribution in [2.45, 2.75) is 33.7 Å². The number of hydrogen-bond acceptors (Lipinski definition) is 4. The maximum Gasteiger partial charge on any atom is 0.224 e. The lowest BCUT2D eigenvalue weighted by atomic mass is 10.1. The van der Waals surface area contributed by atoms with Crippen LogP contribution in [0.25, 0.3) is 0 Å². The van der Waals surface area contributed by atoms with E-state index in [1.165, 1.54) is 17.0 Å². The third-order valence-electron chi connectivity index (χ3n) is 3.78. The summed E-state index contributed by atoms with van der Waals surface area (Å²) < 4.78 is 13.1. The number of aryl methyl sites for hydroxylation is 2. The maximum absolute atomic E-state index is 13.1. The van der Waals surface area contributed by atoms with Crippen LogP contribution in [0.2, 0.25) is 0 Å².